The Bertz CT molecular complexity index is 369. The largest absolute Gasteiger partial charge is 0.385 e. The molecule has 0 heterocycles. The molecule has 0 bridgehead atoms. The Morgan fingerprint density at radius 1 is 1.29 bits per heavy atom. The second kappa shape index (κ2) is 5.65. The van der Waals surface area contributed by atoms with Crippen LogP contribution < -0.4 is 0 Å². The molecule has 0 spiro atoms. The number of aryl methyl sites for hydroxylation is 2. The van der Waals surface area contributed by atoms with E-state index in [0.29, 0.717) is 6.61 Å². The summed E-state index contributed by atoms with van der Waals surface area (Å²) in [4.78, 5) is 0. The Morgan fingerprint density at radius 2 is 1.94 bits per heavy atom. The highest BCUT2D eigenvalue weighted by Crippen LogP contribution is 2.32. The van der Waals surface area contributed by atoms with Gasteiger partial charge in [0.1, 0.15) is 0 Å². The van der Waals surface area contributed by atoms with Crippen molar-refractivity contribution in [2.45, 2.75) is 39.7 Å². The molecule has 1 aromatic carbocycles. The molecule has 96 valence electrons. The summed E-state index contributed by atoms with van der Waals surface area (Å²) in [6, 6.07) is 6.17. The van der Waals surface area contributed by atoms with Gasteiger partial charge in [0, 0.05) is 13.7 Å². The van der Waals surface area contributed by atoms with E-state index < -0.39 is 5.60 Å². The van der Waals surface area contributed by atoms with Crippen LogP contribution in [0.1, 0.15) is 37.0 Å². The standard InChI is InChI=1S/C15H24O2/c1-11-6-7-14(10-12(11)2)15(4,16)13(3)8-9-17-5/h6-7,10,13,16H,8-9H2,1-5H3. The summed E-state index contributed by atoms with van der Waals surface area (Å²) in [6.45, 7) is 8.80. The van der Waals surface area contributed by atoms with Crippen molar-refractivity contribution in [1.82, 2.24) is 0 Å². The van der Waals surface area contributed by atoms with Gasteiger partial charge < -0.3 is 9.84 Å². The number of ether oxygens (including phenoxy) is 1. The van der Waals surface area contributed by atoms with Crippen LogP contribution in [0.5, 0.6) is 0 Å². The van der Waals surface area contributed by atoms with Gasteiger partial charge in [-0.05, 0) is 49.8 Å². The Morgan fingerprint density at radius 3 is 2.47 bits per heavy atom. The zero-order valence-electron chi connectivity index (χ0n) is 11.6. The molecule has 2 nitrogen and oxygen atoms in total. The van der Waals surface area contributed by atoms with Gasteiger partial charge in [-0.2, -0.15) is 0 Å². The van der Waals surface area contributed by atoms with Gasteiger partial charge in [-0.3, -0.25) is 0 Å². The highest BCUT2D eigenvalue weighted by atomic mass is 16.5. The van der Waals surface area contributed by atoms with E-state index in [1.165, 1.54) is 11.1 Å². The fourth-order valence-corrected chi connectivity index (χ4v) is 1.92. The van der Waals surface area contributed by atoms with Crippen LogP contribution in [0.2, 0.25) is 0 Å². The van der Waals surface area contributed by atoms with Crippen molar-refractivity contribution >= 4 is 0 Å². The van der Waals surface area contributed by atoms with Crippen molar-refractivity contribution in [3.63, 3.8) is 0 Å². The van der Waals surface area contributed by atoms with Crippen LogP contribution in [0, 0.1) is 19.8 Å². The fourth-order valence-electron chi connectivity index (χ4n) is 1.92. The minimum atomic E-state index is -0.795. The van der Waals surface area contributed by atoms with Crippen LogP contribution in [0.25, 0.3) is 0 Å². The predicted molar refractivity (Wildman–Crippen MR) is 71.1 cm³/mol. The van der Waals surface area contributed by atoms with Crippen molar-refractivity contribution in [3.05, 3.63) is 34.9 Å². The van der Waals surface area contributed by atoms with Crippen LogP contribution in [0.4, 0.5) is 0 Å². The molecule has 0 radical (unpaired) electrons. The van der Waals surface area contributed by atoms with Gasteiger partial charge in [-0.15, -0.1) is 0 Å². The molecule has 1 rings (SSSR count). The molecule has 0 aliphatic heterocycles. The summed E-state index contributed by atoms with van der Waals surface area (Å²) in [5, 5.41) is 10.6. The van der Waals surface area contributed by atoms with Gasteiger partial charge in [0.05, 0.1) is 5.60 Å². The van der Waals surface area contributed by atoms with Crippen LogP contribution in [0.15, 0.2) is 18.2 Å². The average molecular weight is 236 g/mol. The molecule has 0 fully saturated rings. The van der Waals surface area contributed by atoms with Crippen molar-refractivity contribution in [2.75, 3.05) is 13.7 Å². The summed E-state index contributed by atoms with van der Waals surface area (Å²) < 4.78 is 5.08. The maximum atomic E-state index is 10.6. The molecule has 0 amide bonds. The zero-order chi connectivity index (χ0) is 13.1. The van der Waals surface area contributed by atoms with Crippen molar-refractivity contribution in [1.29, 1.82) is 0 Å². The SMILES string of the molecule is COCCC(C)C(C)(O)c1ccc(C)c(C)c1. The lowest BCUT2D eigenvalue weighted by molar-refractivity contribution is -0.0107. The second-order valence-electron chi connectivity index (χ2n) is 5.13. The Labute approximate surface area is 105 Å². The Kier molecular flexibility index (Phi) is 4.72. The number of aliphatic hydroxyl groups is 1. The maximum absolute atomic E-state index is 10.6. The van der Waals surface area contributed by atoms with Gasteiger partial charge in [-0.1, -0.05) is 25.1 Å². The topological polar surface area (TPSA) is 29.5 Å². The molecular formula is C15H24O2. The van der Waals surface area contributed by atoms with E-state index >= 15 is 0 Å². The molecule has 0 saturated carbocycles. The number of methoxy groups -OCH3 is 1. The minimum absolute atomic E-state index is 0.171. The van der Waals surface area contributed by atoms with Crippen LogP contribution >= 0.6 is 0 Å². The predicted octanol–water partition coefficient (Wildman–Crippen LogP) is 3.18. The van der Waals surface area contributed by atoms with Gasteiger partial charge in [-0.25, -0.2) is 0 Å². The molecule has 1 aromatic rings. The number of hydrogen-bond acceptors (Lipinski definition) is 2. The van der Waals surface area contributed by atoms with E-state index in [1.807, 2.05) is 13.0 Å². The normalized spacial score (nSPS) is 16.6. The van der Waals surface area contributed by atoms with Gasteiger partial charge in [0.25, 0.3) is 0 Å². The molecule has 0 aromatic heterocycles. The average Bonchev–Trinajstić information content (AvgIpc) is 2.29. The minimum Gasteiger partial charge on any atom is -0.385 e. The van der Waals surface area contributed by atoms with Crippen LogP contribution in [-0.4, -0.2) is 18.8 Å². The molecule has 2 unspecified atom stereocenters. The summed E-state index contributed by atoms with van der Waals surface area (Å²) in [5.74, 6) is 0.171. The zero-order valence-corrected chi connectivity index (χ0v) is 11.6. The third-order valence-electron chi connectivity index (χ3n) is 3.81. The van der Waals surface area contributed by atoms with E-state index in [-0.39, 0.29) is 5.92 Å². The first-order valence-electron chi connectivity index (χ1n) is 6.18. The van der Waals surface area contributed by atoms with E-state index in [4.69, 9.17) is 4.74 Å². The quantitative estimate of drug-likeness (QED) is 0.850. The lowest BCUT2D eigenvalue weighted by Gasteiger charge is -2.31. The molecular weight excluding hydrogens is 212 g/mol. The summed E-state index contributed by atoms with van der Waals surface area (Å²) >= 11 is 0. The summed E-state index contributed by atoms with van der Waals surface area (Å²) in [5.41, 5.74) is 2.68. The summed E-state index contributed by atoms with van der Waals surface area (Å²) in [7, 11) is 1.69. The van der Waals surface area contributed by atoms with E-state index in [1.54, 1.807) is 7.11 Å². The van der Waals surface area contributed by atoms with Gasteiger partial charge >= 0.3 is 0 Å². The van der Waals surface area contributed by atoms with E-state index in [0.717, 1.165) is 12.0 Å². The molecule has 0 aliphatic rings. The lowest BCUT2D eigenvalue weighted by Crippen LogP contribution is -2.30. The molecule has 2 atom stereocenters. The van der Waals surface area contributed by atoms with E-state index in [9.17, 15) is 5.11 Å². The maximum Gasteiger partial charge on any atom is 0.0894 e. The Hall–Kier alpha value is -0.860. The molecule has 1 N–H and O–H groups in total. The van der Waals surface area contributed by atoms with Crippen molar-refractivity contribution in [3.8, 4) is 0 Å². The number of benzene rings is 1. The Balaban J connectivity index is 2.91. The van der Waals surface area contributed by atoms with Crippen molar-refractivity contribution < 1.29 is 9.84 Å². The first-order chi connectivity index (χ1) is 7.89. The van der Waals surface area contributed by atoms with Crippen LogP contribution in [-0.2, 0) is 10.3 Å². The second-order valence-corrected chi connectivity index (χ2v) is 5.13. The monoisotopic (exact) mass is 236 g/mol. The molecule has 2 heteroatoms. The van der Waals surface area contributed by atoms with Gasteiger partial charge in [0.15, 0.2) is 0 Å². The fraction of sp³-hybridized carbons (Fsp3) is 0.600. The van der Waals surface area contributed by atoms with E-state index in [2.05, 4.69) is 32.9 Å². The number of hydrogen-bond donors (Lipinski definition) is 1. The molecule has 0 saturated heterocycles. The third-order valence-corrected chi connectivity index (χ3v) is 3.81. The molecule has 17 heavy (non-hydrogen) atoms. The highest BCUT2D eigenvalue weighted by molar-refractivity contribution is 5.33. The molecule has 0 aliphatic carbocycles. The first-order valence-corrected chi connectivity index (χ1v) is 6.18. The highest BCUT2D eigenvalue weighted by Gasteiger charge is 2.30. The lowest BCUT2D eigenvalue weighted by atomic mass is 9.81. The van der Waals surface area contributed by atoms with Crippen molar-refractivity contribution in [2.24, 2.45) is 5.92 Å². The number of rotatable bonds is 5. The van der Waals surface area contributed by atoms with Crippen LogP contribution in [0.3, 0.4) is 0 Å². The smallest absolute Gasteiger partial charge is 0.0894 e. The first kappa shape index (κ1) is 14.2. The van der Waals surface area contributed by atoms with Gasteiger partial charge in [0.2, 0.25) is 0 Å². The third kappa shape index (κ3) is 3.30. The summed E-state index contributed by atoms with van der Waals surface area (Å²) in [6.07, 6.45) is 0.858.